The molecule has 1 fully saturated rings. The van der Waals surface area contributed by atoms with Gasteiger partial charge < -0.3 is 15.5 Å². The molecule has 0 amide bonds. The summed E-state index contributed by atoms with van der Waals surface area (Å²) < 4.78 is 0. The number of aryl methyl sites for hydroxylation is 1. The van der Waals surface area contributed by atoms with Gasteiger partial charge in [0, 0.05) is 57.8 Å². The standard InChI is InChI=1S/C20H35N5S/c1-18-7-6-8-19(17-18)25-14-12-24(13-15-25)11-5-4-9-22-20(21-2)23-10-16-26-3/h6-8,17H,4-5,9-16H2,1-3H3,(H2,21,22,23). The number of benzene rings is 1. The predicted molar refractivity (Wildman–Crippen MR) is 117 cm³/mol. The average molecular weight is 378 g/mol. The molecule has 0 saturated carbocycles. The van der Waals surface area contributed by atoms with Crippen LogP contribution in [0.15, 0.2) is 29.3 Å². The fourth-order valence-corrected chi connectivity index (χ4v) is 3.52. The van der Waals surface area contributed by atoms with Crippen molar-refractivity contribution in [2.75, 3.05) is 69.8 Å². The topological polar surface area (TPSA) is 42.9 Å². The zero-order valence-electron chi connectivity index (χ0n) is 16.6. The molecule has 0 radical (unpaired) electrons. The van der Waals surface area contributed by atoms with Crippen LogP contribution >= 0.6 is 11.8 Å². The summed E-state index contributed by atoms with van der Waals surface area (Å²) in [5.74, 6) is 2.03. The predicted octanol–water partition coefficient (Wildman–Crippen LogP) is 2.43. The summed E-state index contributed by atoms with van der Waals surface area (Å²) in [6, 6.07) is 8.85. The van der Waals surface area contributed by atoms with E-state index in [2.05, 4.69) is 62.9 Å². The van der Waals surface area contributed by atoms with Crippen molar-refractivity contribution >= 4 is 23.4 Å². The number of aliphatic imine (C=N–C) groups is 1. The lowest BCUT2D eigenvalue weighted by Crippen LogP contribution is -2.46. The van der Waals surface area contributed by atoms with E-state index in [0.717, 1.165) is 37.9 Å². The Hall–Kier alpha value is -1.40. The van der Waals surface area contributed by atoms with Gasteiger partial charge in [0.25, 0.3) is 0 Å². The third-order valence-electron chi connectivity index (χ3n) is 4.75. The van der Waals surface area contributed by atoms with Gasteiger partial charge in [0.1, 0.15) is 0 Å². The van der Waals surface area contributed by atoms with E-state index < -0.39 is 0 Å². The maximum Gasteiger partial charge on any atom is 0.191 e. The molecule has 2 N–H and O–H groups in total. The summed E-state index contributed by atoms with van der Waals surface area (Å²) in [5.41, 5.74) is 2.71. The highest BCUT2D eigenvalue weighted by atomic mass is 32.2. The number of unbranched alkanes of at least 4 members (excludes halogenated alkanes) is 1. The smallest absolute Gasteiger partial charge is 0.191 e. The number of piperazine rings is 1. The summed E-state index contributed by atoms with van der Waals surface area (Å²) in [6.07, 6.45) is 4.54. The van der Waals surface area contributed by atoms with Crippen LogP contribution in [0.2, 0.25) is 0 Å². The van der Waals surface area contributed by atoms with Crippen LogP contribution < -0.4 is 15.5 Å². The number of anilines is 1. The lowest BCUT2D eigenvalue weighted by Gasteiger charge is -2.36. The fourth-order valence-electron chi connectivity index (χ4n) is 3.21. The molecule has 2 rings (SSSR count). The Morgan fingerprint density at radius 1 is 1.12 bits per heavy atom. The monoisotopic (exact) mass is 377 g/mol. The van der Waals surface area contributed by atoms with Gasteiger partial charge in [-0.15, -0.1) is 0 Å². The molecule has 0 spiro atoms. The second-order valence-electron chi connectivity index (χ2n) is 6.79. The van der Waals surface area contributed by atoms with E-state index >= 15 is 0 Å². The quantitative estimate of drug-likeness (QED) is 0.393. The lowest BCUT2D eigenvalue weighted by atomic mass is 10.2. The van der Waals surface area contributed by atoms with E-state index in [1.54, 1.807) is 0 Å². The Morgan fingerprint density at radius 3 is 2.58 bits per heavy atom. The zero-order valence-corrected chi connectivity index (χ0v) is 17.4. The molecular weight excluding hydrogens is 342 g/mol. The first-order valence-corrected chi connectivity index (χ1v) is 11.1. The third-order valence-corrected chi connectivity index (χ3v) is 5.37. The van der Waals surface area contributed by atoms with Gasteiger partial charge in [-0.2, -0.15) is 11.8 Å². The van der Waals surface area contributed by atoms with Crippen LogP contribution in [0.3, 0.4) is 0 Å². The first-order valence-electron chi connectivity index (χ1n) is 9.70. The van der Waals surface area contributed by atoms with Gasteiger partial charge >= 0.3 is 0 Å². The molecule has 1 aromatic rings. The van der Waals surface area contributed by atoms with Crippen molar-refractivity contribution in [3.8, 4) is 0 Å². The van der Waals surface area contributed by atoms with Crippen molar-refractivity contribution < 1.29 is 0 Å². The van der Waals surface area contributed by atoms with Crippen LogP contribution in [0.25, 0.3) is 0 Å². The maximum absolute atomic E-state index is 4.26. The van der Waals surface area contributed by atoms with Gasteiger partial charge in [0.15, 0.2) is 5.96 Å². The highest BCUT2D eigenvalue weighted by Crippen LogP contribution is 2.17. The van der Waals surface area contributed by atoms with Gasteiger partial charge in [-0.05, 0) is 50.3 Å². The fraction of sp³-hybridized carbons (Fsp3) is 0.650. The molecule has 26 heavy (non-hydrogen) atoms. The zero-order chi connectivity index (χ0) is 18.6. The van der Waals surface area contributed by atoms with E-state index in [9.17, 15) is 0 Å². The largest absolute Gasteiger partial charge is 0.369 e. The molecule has 1 aliphatic heterocycles. The van der Waals surface area contributed by atoms with Gasteiger partial charge in [-0.3, -0.25) is 9.89 Å². The number of nitrogens with one attached hydrogen (secondary N) is 2. The van der Waals surface area contributed by atoms with Crippen molar-refractivity contribution in [3.05, 3.63) is 29.8 Å². The molecule has 1 saturated heterocycles. The van der Waals surface area contributed by atoms with Crippen LogP contribution in [-0.2, 0) is 0 Å². The second-order valence-corrected chi connectivity index (χ2v) is 7.78. The van der Waals surface area contributed by atoms with Crippen LogP contribution in [0.1, 0.15) is 18.4 Å². The highest BCUT2D eigenvalue weighted by Gasteiger charge is 2.16. The maximum atomic E-state index is 4.26. The van der Waals surface area contributed by atoms with Crippen molar-refractivity contribution in [1.82, 2.24) is 15.5 Å². The molecule has 146 valence electrons. The lowest BCUT2D eigenvalue weighted by molar-refractivity contribution is 0.253. The molecule has 0 unspecified atom stereocenters. The first-order chi connectivity index (χ1) is 12.7. The van der Waals surface area contributed by atoms with Gasteiger partial charge in [0.2, 0.25) is 0 Å². The molecule has 0 aromatic heterocycles. The Kier molecular flexibility index (Phi) is 9.71. The SMILES string of the molecule is CN=C(NCCCCN1CCN(c2cccc(C)c2)CC1)NCCSC. The van der Waals surface area contributed by atoms with Crippen molar-refractivity contribution in [3.63, 3.8) is 0 Å². The number of hydrogen-bond donors (Lipinski definition) is 2. The van der Waals surface area contributed by atoms with Crippen molar-refractivity contribution in [1.29, 1.82) is 0 Å². The normalized spacial score (nSPS) is 16.0. The van der Waals surface area contributed by atoms with Gasteiger partial charge in [0.05, 0.1) is 0 Å². The van der Waals surface area contributed by atoms with Crippen molar-refractivity contribution in [2.45, 2.75) is 19.8 Å². The summed E-state index contributed by atoms with van der Waals surface area (Å²) in [5, 5.41) is 6.74. The molecule has 1 aliphatic rings. The van der Waals surface area contributed by atoms with Gasteiger partial charge in [-0.25, -0.2) is 0 Å². The van der Waals surface area contributed by atoms with E-state index in [1.807, 2.05) is 18.8 Å². The summed E-state index contributed by atoms with van der Waals surface area (Å²) in [6.45, 7) is 9.91. The van der Waals surface area contributed by atoms with Crippen LogP contribution in [-0.4, -0.2) is 75.7 Å². The van der Waals surface area contributed by atoms with Crippen LogP contribution in [0.5, 0.6) is 0 Å². The molecule has 6 heteroatoms. The second kappa shape index (κ2) is 12.1. The van der Waals surface area contributed by atoms with E-state index in [1.165, 1.54) is 43.7 Å². The summed E-state index contributed by atoms with van der Waals surface area (Å²) in [4.78, 5) is 9.36. The van der Waals surface area contributed by atoms with Crippen molar-refractivity contribution in [2.24, 2.45) is 4.99 Å². The first kappa shape index (κ1) is 20.9. The number of hydrogen-bond acceptors (Lipinski definition) is 4. The van der Waals surface area contributed by atoms with Crippen LogP contribution in [0.4, 0.5) is 5.69 Å². The Labute approximate surface area is 163 Å². The van der Waals surface area contributed by atoms with Gasteiger partial charge in [-0.1, -0.05) is 12.1 Å². The molecule has 5 nitrogen and oxygen atoms in total. The van der Waals surface area contributed by atoms with E-state index in [4.69, 9.17) is 0 Å². The Bertz CT molecular complexity index is 541. The Balaban J connectivity index is 1.56. The summed E-state index contributed by atoms with van der Waals surface area (Å²) >= 11 is 1.85. The van der Waals surface area contributed by atoms with E-state index in [0.29, 0.717) is 0 Å². The molecular formula is C20H35N5S. The summed E-state index contributed by atoms with van der Waals surface area (Å²) in [7, 11) is 1.84. The molecule has 0 atom stereocenters. The minimum Gasteiger partial charge on any atom is -0.369 e. The number of nitrogens with zero attached hydrogens (tertiary/aromatic N) is 3. The molecule has 0 aliphatic carbocycles. The number of rotatable bonds is 9. The highest BCUT2D eigenvalue weighted by molar-refractivity contribution is 7.98. The average Bonchev–Trinajstić information content (AvgIpc) is 2.67. The molecule has 1 aromatic carbocycles. The number of guanidine groups is 1. The van der Waals surface area contributed by atoms with E-state index in [-0.39, 0.29) is 0 Å². The molecule has 0 bridgehead atoms. The molecule has 1 heterocycles. The minimum atomic E-state index is 0.922. The third kappa shape index (κ3) is 7.46. The number of thioether (sulfide) groups is 1. The minimum absolute atomic E-state index is 0.922. The Morgan fingerprint density at radius 2 is 1.88 bits per heavy atom. The van der Waals surface area contributed by atoms with Crippen LogP contribution in [0, 0.1) is 6.92 Å².